The van der Waals surface area contributed by atoms with Crippen molar-refractivity contribution in [1.82, 2.24) is 16.0 Å². The van der Waals surface area contributed by atoms with Gasteiger partial charge in [-0.1, -0.05) is 25.0 Å². The van der Waals surface area contributed by atoms with Crippen LogP contribution in [0, 0.1) is 0 Å². The number of nitrogens with one attached hydrogen (secondary N) is 3. The molecule has 1 aromatic rings. The third kappa shape index (κ3) is 8.05. The highest BCUT2D eigenvalue weighted by Crippen LogP contribution is 2.38. The van der Waals surface area contributed by atoms with Crippen molar-refractivity contribution in [3.63, 3.8) is 0 Å². The number of nitrogens with two attached hydrogens (primary N) is 2. The smallest absolute Gasteiger partial charge is 0.404 e. The topological polar surface area (TPSA) is 240 Å². The maximum Gasteiger partial charge on any atom is 0.524 e. The molecule has 192 valence electrons. The molecule has 2 atom stereocenters. The fraction of sp³-hybridized carbons (Fsp3) is 0.450. The Kier molecular flexibility index (Phi) is 8.96. The van der Waals surface area contributed by atoms with E-state index < -0.39 is 61.4 Å². The Morgan fingerprint density at radius 3 is 2.09 bits per heavy atom. The van der Waals surface area contributed by atoms with Crippen molar-refractivity contribution in [2.45, 2.75) is 56.7 Å². The van der Waals surface area contributed by atoms with Crippen molar-refractivity contribution >= 4 is 37.4 Å². The number of primary amides is 2. The lowest BCUT2D eigenvalue weighted by molar-refractivity contribution is -0.137. The number of phosphoric ester groups is 1. The van der Waals surface area contributed by atoms with Gasteiger partial charge in [0.2, 0.25) is 29.5 Å². The van der Waals surface area contributed by atoms with Crippen molar-refractivity contribution in [2.75, 3.05) is 0 Å². The normalized spacial score (nSPS) is 16.4. The van der Waals surface area contributed by atoms with Gasteiger partial charge in [-0.2, -0.15) is 0 Å². The molecule has 0 heterocycles. The Labute approximate surface area is 200 Å². The number of carbonyl (C=O) groups excluding carboxylic acids is 5. The molecule has 0 radical (unpaired) electrons. The van der Waals surface area contributed by atoms with Crippen LogP contribution in [0.5, 0.6) is 5.75 Å². The average Bonchev–Trinajstić information content (AvgIpc) is 3.20. The van der Waals surface area contributed by atoms with Crippen molar-refractivity contribution in [1.29, 1.82) is 0 Å². The van der Waals surface area contributed by atoms with Gasteiger partial charge in [0.15, 0.2) is 0 Å². The number of phosphoric acid groups is 1. The van der Waals surface area contributed by atoms with Gasteiger partial charge in [-0.05, 0) is 30.5 Å². The molecule has 1 aromatic carbocycles. The number of carbonyl (C=O) groups is 5. The minimum atomic E-state index is -4.79. The standard InChI is InChI=1S/C20H28N5O9P/c1-11(26)23-16(12-4-6-13(7-5-12)34-35(31,32)33)18(29)25-20(8-2-3-9-20)19(30)24-14(17(22)28)10-15(21)27/h4-7,14,16H,2-3,8-10H2,1H3,(H2,21,27)(H2,22,28)(H,23,26)(H,24,30)(H,25,29)(H2,31,32,33). The molecule has 0 aromatic heterocycles. The van der Waals surface area contributed by atoms with Gasteiger partial charge in [0.25, 0.3) is 0 Å². The van der Waals surface area contributed by atoms with E-state index in [9.17, 15) is 28.5 Å². The highest BCUT2D eigenvalue weighted by Gasteiger charge is 2.45. The van der Waals surface area contributed by atoms with E-state index in [1.54, 1.807) is 0 Å². The number of benzene rings is 1. The van der Waals surface area contributed by atoms with Crippen LogP contribution in [0.25, 0.3) is 0 Å². The lowest BCUT2D eigenvalue weighted by Gasteiger charge is -2.32. The predicted octanol–water partition coefficient (Wildman–Crippen LogP) is -1.39. The molecule has 2 unspecified atom stereocenters. The molecule has 9 N–H and O–H groups in total. The zero-order valence-electron chi connectivity index (χ0n) is 18.9. The molecule has 15 heteroatoms. The molecular formula is C20H28N5O9P. The summed E-state index contributed by atoms with van der Waals surface area (Å²) in [6.07, 6.45) is 1.12. The Morgan fingerprint density at radius 2 is 1.63 bits per heavy atom. The van der Waals surface area contributed by atoms with Crippen LogP contribution in [0.15, 0.2) is 24.3 Å². The first-order valence-corrected chi connectivity index (χ1v) is 12.1. The maximum atomic E-state index is 13.2. The summed E-state index contributed by atoms with van der Waals surface area (Å²) in [6, 6.07) is 2.43. The summed E-state index contributed by atoms with van der Waals surface area (Å²) in [4.78, 5) is 78.8. The molecule has 14 nitrogen and oxygen atoms in total. The molecule has 2 rings (SSSR count). The summed E-state index contributed by atoms with van der Waals surface area (Å²) in [5.41, 5.74) is 9.17. The van der Waals surface area contributed by atoms with Crippen LogP contribution >= 0.6 is 7.82 Å². The van der Waals surface area contributed by atoms with Crippen molar-refractivity contribution in [3.05, 3.63) is 29.8 Å². The molecule has 0 aliphatic heterocycles. The van der Waals surface area contributed by atoms with E-state index in [-0.39, 0.29) is 24.2 Å². The zero-order valence-corrected chi connectivity index (χ0v) is 19.7. The van der Waals surface area contributed by atoms with Gasteiger partial charge in [-0.3, -0.25) is 33.8 Å². The van der Waals surface area contributed by atoms with Crippen molar-refractivity contribution in [2.24, 2.45) is 11.5 Å². The van der Waals surface area contributed by atoms with Crippen LogP contribution in [0.2, 0.25) is 0 Å². The Hall–Kier alpha value is -3.48. The second kappa shape index (κ2) is 11.3. The van der Waals surface area contributed by atoms with Crippen LogP contribution in [0.4, 0.5) is 0 Å². The summed E-state index contributed by atoms with van der Waals surface area (Å²) >= 11 is 0. The van der Waals surface area contributed by atoms with Gasteiger partial charge >= 0.3 is 7.82 Å². The highest BCUT2D eigenvalue weighted by molar-refractivity contribution is 7.46. The predicted molar refractivity (Wildman–Crippen MR) is 120 cm³/mol. The SMILES string of the molecule is CC(=O)NC(C(=O)NC1(C(=O)NC(CC(N)=O)C(N)=O)CCCC1)c1ccc(OP(=O)(O)O)cc1. The van der Waals surface area contributed by atoms with Crippen LogP contribution in [0.3, 0.4) is 0 Å². The second-order valence-corrected chi connectivity index (χ2v) is 9.33. The third-order valence-corrected chi connectivity index (χ3v) is 5.80. The summed E-state index contributed by atoms with van der Waals surface area (Å²) < 4.78 is 15.5. The van der Waals surface area contributed by atoms with Gasteiger partial charge in [0.05, 0.1) is 6.42 Å². The van der Waals surface area contributed by atoms with Gasteiger partial charge in [0, 0.05) is 6.92 Å². The van der Waals surface area contributed by atoms with E-state index in [1.165, 1.54) is 31.2 Å². The molecule has 35 heavy (non-hydrogen) atoms. The third-order valence-electron chi connectivity index (χ3n) is 5.36. The van der Waals surface area contributed by atoms with Crippen LogP contribution in [-0.2, 0) is 28.5 Å². The van der Waals surface area contributed by atoms with Gasteiger partial charge in [0.1, 0.15) is 23.4 Å². The van der Waals surface area contributed by atoms with E-state index in [1.807, 2.05) is 0 Å². The lowest BCUT2D eigenvalue weighted by atomic mass is 9.94. The molecule has 1 saturated carbocycles. The first-order chi connectivity index (χ1) is 16.2. The van der Waals surface area contributed by atoms with Gasteiger partial charge < -0.3 is 31.9 Å². The van der Waals surface area contributed by atoms with Crippen molar-refractivity contribution < 1.29 is 42.8 Å². The molecule has 5 amide bonds. The Balaban J connectivity index is 2.27. The summed E-state index contributed by atoms with van der Waals surface area (Å²) in [6.45, 7) is 1.19. The quantitative estimate of drug-likeness (QED) is 0.172. The molecule has 0 spiro atoms. The lowest BCUT2D eigenvalue weighted by Crippen LogP contribution is -2.62. The summed E-state index contributed by atoms with van der Waals surface area (Å²) in [5, 5.41) is 7.50. The summed E-state index contributed by atoms with van der Waals surface area (Å²) in [5.74, 6) is -4.00. The van der Waals surface area contributed by atoms with E-state index >= 15 is 0 Å². The number of hydrogen-bond donors (Lipinski definition) is 7. The largest absolute Gasteiger partial charge is 0.524 e. The van der Waals surface area contributed by atoms with Gasteiger partial charge in [-0.15, -0.1) is 0 Å². The second-order valence-electron chi connectivity index (χ2n) is 8.16. The average molecular weight is 513 g/mol. The van der Waals surface area contributed by atoms with Crippen molar-refractivity contribution in [3.8, 4) is 5.75 Å². The molecule has 1 aliphatic rings. The molecular weight excluding hydrogens is 485 g/mol. The minimum Gasteiger partial charge on any atom is -0.404 e. The zero-order chi connectivity index (χ0) is 26.4. The fourth-order valence-electron chi connectivity index (χ4n) is 3.78. The minimum absolute atomic E-state index is 0.164. The monoisotopic (exact) mass is 513 g/mol. The Morgan fingerprint density at radius 1 is 1.06 bits per heavy atom. The summed E-state index contributed by atoms with van der Waals surface area (Å²) in [7, 11) is -4.79. The Bertz CT molecular complexity index is 1030. The molecule has 0 saturated heterocycles. The number of rotatable bonds is 11. The first-order valence-electron chi connectivity index (χ1n) is 10.6. The highest BCUT2D eigenvalue weighted by atomic mass is 31.2. The molecule has 1 fully saturated rings. The molecule has 0 bridgehead atoms. The number of amides is 5. The van der Waals surface area contributed by atoms with E-state index in [0.29, 0.717) is 12.8 Å². The van der Waals surface area contributed by atoms with E-state index in [0.717, 1.165) is 0 Å². The van der Waals surface area contributed by atoms with E-state index in [4.69, 9.17) is 21.3 Å². The fourth-order valence-corrected chi connectivity index (χ4v) is 4.17. The maximum absolute atomic E-state index is 13.2. The van der Waals surface area contributed by atoms with Crippen LogP contribution in [-0.4, -0.2) is 50.9 Å². The molecule has 1 aliphatic carbocycles. The van der Waals surface area contributed by atoms with Crippen LogP contribution in [0.1, 0.15) is 50.6 Å². The van der Waals surface area contributed by atoms with Gasteiger partial charge in [-0.25, -0.2) is 4.57 Å². The van der Waals surface area contributed by atoms with Crippen LogP contribution < -0.4 is 31.9 Å². The van der Waals surface area contributed by atoms with E-state index in [2.05, 4.69) is 20.5 Å². The first kappa shape index (κ1) is 27.8. The number of hydrogen-bond acceptors (Lipinski definition) is 7.